The second-order valence-corrected chi connectivity index (χ2v) is 2.46. The highest BCUT2D eigenvalue weighted by atomic mass is 79.9. The van der Waals surface area contributed by atoms with E-state index in [0.29, 0.717) is 17.1 Å². The number of nitrogen functional groups attached to an aromatic ring is 1. The van der Waals surface area contributed by atoms with Crippen LogP contribution in [0.1, 0.15) is 5.56 Å². The standard InChI is InChI=1S/C5H7BrN4/c6-5-9-2-3(1-7)4(8)10-5/h2H,1,7H2,(H2,8,9,10). The highest BCUT2D eigenvalue weighted by Gasteiger charge is 1.98. The number of rotatable bonds is 1. The van der Waals surface area contributed by atoms with Gasteiger partial charge in [0, 0.05) is 18.3 Å². The predicted octanol–water partition coefficient (Wildman–Crippen LogP) is 0.280. The number of nitrogens with two attached hydrogens (primary N) is 2. The van der Waals surface area contributed by atoms with Crippen molar-refractivity contribution in [2.24, 2.45) is 5.73 Å². The summed E-state index contributed by atoms with van der Waals surface area (Å²) in [6.45, 7) is 0.374. The largest absolute Gasteiger partial charge is 0.383 e. The number of nitrogens with zero attached hydrogens (tertiary/aromatic N) is 2. The van der Waals surface area contributed by atoms with Gasteiger partial charge >= 0.3 is 0 Å². The summed E-state index contributed by atoms with van der Waals surface area (Å²) >= 11 is 3.08. The Morgan fingerprint density at radius 1 is 1.60 bits per heavy atom. The molecule has 1 aromatic heterocycles. The average Bonchev–Trinajstić information content (AvgIpc) is 1.88. The van der Waals surface area contributed by atoms with Crippen molar-refractivity contribution in [2.45, 2.75) is 6.54 Å². The summed E-state index contributed by atoms with van der Waals surface area (Å²) in [6, 6.07) is 0. The van der Waals surface area contributed by atoms with Crippen molar-refractivity contribution in [1.82, 2.24) is 9.97 Å². The van der Waals surface area contributed by atoms with Crippen LogP contribution < -0.4 is 11.5 Å². The fraction of sp³-hybridized carbons (Fsp3) is 0.200. The molecule has 0 fully saturated rings. The Labute approximate surface area is 66.8 Å². The fourth-order valence-electron chi connectivity index (χ4n) is 0.555. The summed E-state index contributed by atoms with van der Waals surface area (Å²) in [5.74, 6) is 0.435. The van der Waals surface area contributed by atoms with Crippen molar-refractivity contribution in [3.63, 3.8) is 0 Å². The van der Waals surface area contributed by atoms with Gasteiger partial charge in [-0.2, -0.15) is 0 Å². The lowest BCUT2D eigenvalue weighted by Crippen LogP contribution is -2.04. The number of halogens is 1. The Hall–Kier alpha value is -0.680. The molecule has 0 radical (unpaired) electrons. The molecule has 54 valence electrons. The van der Waals surface area contributed by atoms with Gasteiger partial charge in [-0.3, -0.25) is 0 Å². The molecule has 4 N–H and O–H groups in total. The molecule has 0 amide bonds. The first kappa shape index (κ1) is 7.43. The van der Waals surface area contributed by atoms with Gasteiger partial charge < -0.3 is 11.5 Å². The molecular weight excluding hydrogens is 196 g/mol. The second-order valence-electron chi connectivity index (χ2n) is 1.75. The second kappa shape index (κ2) is 2.94. The highest BCUT2D eigenvalue weighted by Crippen LogP contribution is 2.08. The van der Waals surface area contributed by atoms with Crippen molar-refractivity contribution < 1.29 is 0 Å². The molecule has 0 unspecified atom stereocenters. The summed E-state index contributed by atoms with van der Waals surface area (Å²) in [5, 5.41) is 0. The zero-order chi connectivity index (χ0) is 7.56. The van der Waals surface area contributed by atoms with Crippen molar-refractivity contribution in [2.75, 3.05) is 5.73 Å². The number of hydrogen-bond acceptors (Lipinski definition) is 4. The van der Waals surface area contributed by atoms with Crippen molar-refractivity contribution in [3.05, 3.63) is 16.5 Å². The van der Waals surface area contributed by atoms with Gasteiger partial charge in [0.05, 0.1) is 0 Å². The van der Waals surface area contributed by atoms with E-state index in [0.717, 1.165) is 5.56 Å². The van der Waals surface area contributed by atoms with E-state index < -0.39 is 0 Å². The lowest BCUT2D eigenvalue weighted by Gasteiger charge is -1.98. The minimum atomic E-state index is 0.374. The van der Waals surface area contributed by atoms with E-state index in [9.17, 15) is 0 Å². The van der Waals surface area contributed by atoms with Gasteiger partial charge in [0.2, 0.25) is 0 Å². The van der Waals surface area contributed by atoms with E-state index in [1.54, 1.807) is 6.20 Å². The summed E-state index contributed by atoms with van der Waals surface area (Å²) < 4.78 is 0.488. The molecule has 0 saturated carbocycles. The van der Waals surface area contributed by atoms with E-state index in [2.05, 4.69) is 25.9 Å². The Bertz CT molecular complexity index is 237. The third-order valence-corrected chi connectivity index (χ3v) is 1.47. The van der Waals surface area contributed by atoms with Gasteiger partial charge in [-0.15, -0.1) is 0 Å². The maximum absolute atomic E-state index is 5.47. The minimum Gasteiger partial charge on any atom is -0.383 e. The molecule has 0 atom stereocenters. The van der Waals surface area contributed by atoms with Gasteiger partial charge in [-0.05, 0) is 15.9 Å². The van der Waals surface area contributed by atoms with Crippen molar-refractivity contribution in [1.29, 1.82) is 0 Å². The third-order valence-electron chi connectivity index (χ3n) is 1.09. The van der Waals surface area contributed by atoms with E-state index in [1.165, 1.54) is 0 Å². The van der Waals surface area contributed by atoms with Crippen molar-refractivity contribution >= 4 is 21.7 Å². The van der Waals surface area contributed by atoms with Gasteiger partial charge in [0.25, 0.3) is 0 Å². The van der Waals surface area contributed by atoms with E-state index >= 15 is 0 Å². The van der Waals surface area contributed by atoms with E-state index in [4.69, 9.17) is 11.5 Å². The molecule has 1 heterocycles. The highest BCUT2D eigenvalue weighted by molar-refractivity contribution is 9.10. The fourth-order valence-corrected chi connectivity index (χ4v) is 0.848. The third kappa shape index (κ3) is 1.43. The maximum Gasteiger partial charge on any atom is 0.198 e. The van der Waals surface area contributed by atoms with Crippen LogP contribution in [0.3, 0.4) is 0 Å². The quantitative estimate of drug-likeness (QED) is 0.642. The first-order valence-corrected chi connectivity index (χ1v) is 3.50. The van der Waals surface area contributed by atoms with Crippen LogP contribution in [0.25, 0.3) is 0 Å². The molecule has 1 aromatic rings. The Morgan fingerprint density at radius 2 is 2.30 bits per heavy atom. The van der Waals surface area contributed by atoms with Crippen LogP contribution in [0.15, 0.2) is 10.9 Å². The molecule has 0 saturated heterocycles. The Morgan fingerprint density at radius 3 is 2.80 bits per heavy atom. The molecule has 0 spiro atoms. The first-order chi connectivity index (χ1) is 4.74. The molecule has 5 heteroatoms. The van der Waals surface area contributed by atoms with Gasteiger partial charge in [-0.25, -0.2) is 9.97 Å². The molecule has 0 bridgehead atoms. The first-order valence-electron chi connectivity index (χ1n) is 2.71. The normalized spacial score (nSPS) is 9.80. The lowest BCUT2D eigenvalue weighted by atomic mass is 10.3. The maximum atomic E-state index is 5.47. The molecule has 10 heavy (non-hydrogen) atoms. The zero-order valence-corrected chi connectivity index (χ0v) is 6.80. The summed E-state index contributed by atoms with van der Waals surface area (Å²) in [5.41, 5.74) is 11.6. The molecule has 0 aliphatic heterocycles. The molecule has 1 rings (SSSR count). The van der Waals surface area contributed by atoms with E-state index in [1.807, 2.05) is 0 Å². The smallest absolute Gasteiger partial charge is 0.198 e. The molecular formula is C5H7BrN4. The van der Waals surface area contributed by atoms with Crippen LogP contribution in [0.4, 0.5) is 5.82 Å². The van der Waals surface area contributed by atoms with Crippen LogP contribution in [0, 0.1) is 0 Å². The monoisotopic (exact) mass is 202 g/mol. The predicted molar refractivity (Wildman–Crippen MR) is 42.0 cm³/mol. The van der Waals surface area contributed by atoms with Crippen molar-refractivity contribution in [3.8, 4) is 0 Å². The summed E-state index contributed by atoms with van der Waals surface area (Å²) in [7, 11) is 0. The van der Waals surface area contributed by atoms with Gasteiger partial charge in [0.15, 0.2) is 4.73 Å². The molecule has 0 aliphatic rings. The minimum absolute atomic E-state index is 0.374. The average molecular weight is 203 g/mol. The van der Waals surface area contributed by atoms with Crippen LogP contribution in [-0.4, -0.2) is 9.97 Å². The number of aromatic nitrogens is 2. The van der Waals surface area contributed by atoms with E-state index in [-0.39, 0.29) is 0 Å². The number of anilines is 1. The Balaban J connectivity index is 3.07. The van der Waals surface area contributed by atoms with Crippen LogP contribution in [0.2, 0.25) is 0 Å². The Kier molecular flexibility index (Phi) is 2.18. The topological polar surface area (TPSA) is 77.8 Å². The lowest BCUT2D eigenvalue weighted by molar-refractivity contribution is 0.999. The van der Waals surface area contributed by atoms with Gasteiger partial charge in [-0.1, -0.05) is 0 Å². The molecule has 4 nitrogen and oxygen atoms in total. The zero-order valence-electron chi connectivity index (χ0n) is 5.21. The van der Waals surface area contributed by atoms with Crippen LogP contribution in [-0.2, 0) is 6.54 Å². The number of hydrogen-bond donors (Lipinski definition) is 2. The molecule has 0 aliphatic carbocycles. The molecule has 0 aromatic carbocycles. The van der Waals surface area contributed by atoms with Crippen LogP contribution in [0.5, 0.6) is 0 Å². The SMILES string of the molecule is NCc1cnc(Br)nc1N. The van der Waals surface area contributed by atoms with Crippen LogP contribution >= 0.6 is 15.9 Å². The summed E-state index contributed by atoms with van der Waals surface area (Å²) in [4.78, 5) is 7.70. The summed E-state index contributed by atoms with van der Waals surface area (Å²) in [6.07, 6.45) is 1.60. The van der Waals surface area contributed by atoms with Gasteiger partial charge in [0.1, 0.15) is 5.82 Å².